The molecule has 24 heavy (non-hydrogen) atoms. The number of pyridine rings is 1. The predicted octanol–water partition coefficient (Wildman–Crippen LogP) is 2.63. The van der Waals surface area contributed by atoms with E-state index < -0.39 is 6.04 Å². The molecule has 0 spiro atoms. The van der Waals surface area contributed by atoms with Crippen LogP contribution in [-0.2, 0) is 4.79 Å². The van der Waals surface area contributed by atoms with Gasteiger partial charge in [0.1, 0.15) is 11.9 Å². The van der Waals surface area contributed by atoms with Gasteiger partial charge in [-0.05, 0) is 30.2 Å². The number of para-hydroxylation sites is 1. The number of carbonyl (C=O) groups is 1. The molecule has 0 aliphatic rings. The summed E-state index contributed by atoms with van der Waals surface area (Å²) < 4.78 is 1.39. The maximum atomic E-state index is 12.8. The number of carbonyl (C=O) groups excluding carboxylic acids is 1. The number of hydrogen-bond acceptors (Lipinski definition) is 4. The van der Waals surface area contributed by atoms with Crippen LogP contribution < -0.4 is 10.9 Å². The number of fused-ring (bicyclic) bond motifs is 1. The summed E-state index contributed by atoms with van der Waals surface area (Å²) in [5, 5.41) is 3.26. The molecule has 0 saturated carbocycles. The van der Waals surface area contributed by atoms with Crippen LogP contribution >= 0.6 is 0 Å². The van der Waals surface area contributed by atoms with E-state index in [4.69, 9.17) is 0 Å². The number of anilines is 1. The number of hydrogen-bond donors (Lipinski definition) is 1. The molecule has 1 atom stereocenters. The molecule has 0 fully saturated rings. The molecule has 0 radical (unpaired) electrons. The number of benzene rings is 1. The quantitative estimate of drug-likeness (QED) is 0.801. The fourth-order valence-corrected chi connectivity index (χ4v) is 2.67. The topological polar surface area (TPSA) is 76.9 Å². The van der Waals surface area contributed by atoms with E-state index in [9.17, 15) is 9.59 Å². The van der Waals surface area contributed by atoms with E-state index in [0.717, 1.165) is 0 Å². The molecule has 3 aromatic rings. The third-order valence-electron chi connectivity index (χ3n) is 3.81. The lowest BCUT2D eigenvalue weighted by Gasteiger charge is -2.22. The molecule has 2 heterocycles. The molecule has 1 aromatic carbocycles. The Morgan fingerprint density at radius 2 is 1.83 bits per heavy atom. The zero-order valence-corrected chi connectivity index (χ0v) is 13.5. The van der Waals surface area contributed by atoms with Crippen LogP contribution in [0, 0.1) is 5.92 Å². The van der Waals surface area contributed by atoms with E-state index in [1.165, 1.54) is 10.9 Å². The molecule has 0 aliphatic heterocycles. The zero-order valence-electron chi connectivity index (χ0n) is 13.5. The second-order valence-electron chi connectivity index (χ2n) is 5.87. The molecule has 2 aromatic heterocycles. The first-order chi connectivity index (χ1) is 11.6. The van der Waals surface area contributed by atoms with Crippen molar-refractivity contribution in [3.8, 4) is 0 Å². The SMILES string of the molecule is CC(C)[C@@H](C(=O)Nc1ccccn1)n1cnc2ccccc2c1=O. The Balaban J connectivity index is 2.01. The van der Waals surface area contributed by atoms with Gasteiger partial charge >= 0.3 is 0 Å². The summed E-state index contributed by atoms with van der Waals surface area (Å²) in [7, 11) is 0. The Kier molecular flexibility index (Phi) is 4.37. The number of amides is 1. The van der Waals surface area contributed by atoms with E-state index in [0.29, 0.717) is 16.7 Å². The first-order valence-electron chi connectivity index (χ1n) is 7.75. The molecule has 0 saturated heterocycles. The fraction of sp³-hybridized carbons (Fsp3) is 0.222. The highest BCUT2D eigenvalue weighted by Crippen LogP contribution is 2.19. The highest BCUT2D eigenvalue weighted by Gasteiger charge is 2.26. The summed E-state index contributed by atoms with van der Waals surface area (Å²) in [5.74, 6) is 0.0761. The Bertz CT molecular complexity index is 919. The van der Waals surface area contributed by atoms with E-state index in [1.54, 1.807) is 42.6 Å². The average Bonchev–Trinajstić information content (AvgIpc) is 2.58. The summed E-state index contributed by atoms with van der Waals surface area (Å²) in [6.45, 7) is 3.79. The van der Waals surface area contributed by atoms with Crippen LogP contribution in [0.25, 0.3) is 10.9 Å². The molecule has 1 amide bonds. The smallest absolute Gasteiger partial charge is 0.261 e. The van der Waals surface area contributed by atoms with Gasteiger partial charge in [-0.1, -0.05) is 32.0 Å². The summed E-state index contributed by atoms with van der Waals surface area (Å²) >= 11 is 0. The third kappa shape index (κ3) is 3.03. The highest BCUT2D eigenvalue weighted by molar-refractivity contribution is 5.93. The van der Waals surface area contributed by atoms with Crippen molar-refractivity contribution < 1.29 is 4.79 Å². The molecule has 6 heteroatoms. The van der Waals surface area contributed by atoms with Crippen LogP contribution in [0.15, 0.2) is 59.8 Å². The van der Waals surface area contributed by atoms with Crippen LogP contribution in [0.4, 0.5) is 5.82 Å². The molecule has 0 bridgehead atoms. The van der Waals surface area contributed by atoms with E-state index in [-0.39, 0.29) is 17.4 Å². The third-order valence-corrected chi connectivity index (χ3v) is 3.81. The molecule has 3 rings (SSSR count). The Morgan fingerprint density at radius 3 is 2.54 bits per heavy atom. The first-order valence-corrected chi connectivity index (χ1v) is 7.75. The summed E-state index contributed by atoms with van der Waals surface area (Å²) in [4.78, 5) is 33.9. The van der Waals surface area contributed by atoms with Crippen molar-refractivity contribution in [2.24, 2.45) is 5.92 Å². The van der Waals surface area contributed by atoms with Crippen molar-refractivity contribution >= 4 is 22.6 Å². The lowest BCUT2D eigenvalue weighted by molar-refractivity contribution is -0.120. The molecule has 0 unspecified atom stereocenters. The van der Waals surface area contributed by atoms with Gasteiger partial charge in [0, 0.05) is 6.20 Å². The average molecular weight is 322 g/mol. The Morgan fingerprint density at radius 1 is 1.08 bits per heavy atom. The van der Waals surface area contributed by atoms with Gasteiger partial charge in [0.25, 0.3) is 5.56 Å². The van der Waals surface area contributed by atoms with Crippen molar-refractivity contribution in [2.45, 2.75) is 19.9 Å². The van der Waals surface area contributed by atoms with Crippen molar-refractivity contribution in [3.63, 3.8) is 0 Å². The van der Waals surface area contributed by atoms with Crippen LogP contribution in [0.5, 0.6) is 0 Å². The first kappa shape index (κ1) is 15.9. The van der Waals surface area contributed by atoms with Crippen LogP contribution in [0.3, 0.4) is 0 Å². The maximum absolute atomic E-state index is 12.8. The van der Waals surface area contributed by atoms with Crippen LogP contribution in [0.1, 0.15) is 19.9 Å². The highest BCUT2D eigenvalue weighted by atomic mass is 16.2. The molecule has 0 aliphatic carbocycles. The minimum Gasteiger partial charge on any atom is -0.309 e. The minimum atomic E-state index is -0.670. The van der Waals surface area contributed by atoms with E-state index >= 15 is 0 Å². The van der Waals surface area contributed by atoms with Gasteiger partial charge in [-0.2, -0.15) is 0 Å². The second kappa shape index (κ2) is 6.62. The van der Waals surface area contributed by atoms with Crippen LogP contribution in [-0.4, -0.2) is 20.4 Å². The number of nitrogens with one attached hydrogen (secondary N) is 1. The van der Waals surface area contributed by atoms with Crippen molar-refractivity contribution in [1.82, 2.24) is 14.5 Å². The van der Waals surface area contributed by atoms with Gasteiger partial charge in [0.05, 0.1) is 17.2 Å². The standard InChI is InChI=1S/C18H18N4O2/c1-12(2)16(17(23)21-15-9-5-6-10-19-15)22-11-20-14-8-4-3-7-13(14)18(22)24/h3-12,16H,1-2H3,(H,19,21,23)/t16-/m0/s1. The van der Waals surface area contributed by atoms with E-state index in [1.807, 2.05) is 19.9 Å². The number of rotatable bonds is 4. The molecular formula is C18H18N4O2. The molecule has 122 valence electrons. The second-order valence-corrected chi connectivity index (χ2v) is 5.87. The number of aromatic nitrogens is 3. The molecular weight excluding hydrogens is 304 g/mol. The van der Waals surface area contributed by atoms with Gasteiger partial charge in [-0.3, -0.25) is 14.2 Å². The van der Waals surface area contributed by atoms with E-state index in [2.05, 4.69) is 15.3 Å². The van der Waals surface area contributed by atoms with Gasteiger partial charge in [0.2, 0.25) is 5.91 Å². The maximum Gasteiger partial charge on any atom is 0.261 e. The fourth-order valence-electron chi connectivity index (χ4n) is 2.67. The monoisotopic (exact) mass is 322 g/mol. The van der Waals surface area contributed by atoms with Gasteiger partial charge in [0.15, 0.2) is 0 Å². The largest absolute Gasteiger partial charge is 0.309 e. The molecule has 6 nitrogen and oxygen atoms in total. The number of nitrogens with zero attached hydrogens (tertiary/aromatic N) is 3. The molecule has 1 N–H and O–H groups in total. The van der Waals surface area contributed by atoms with Crippen molar-refractivity contribution in [2.75, 3.05) is 5.32 Å². The van der Waals surface area contributed by atoms with Gasteiger partial charge in [-0.15, -0.1) is 0 Å². The van der Waals surface area contributed by atoms with Crippen molar-refractivity contribution in [1.29, 1.82) is 0 Å². The zero-order chi connectivity index (χ0) is 17.1. The van der Waals surface area contributed by atoms with Gasteiger partial charge < -0.3 is 5.32 Å². The normalized spacial score (nSPS) is 12.3. The predicted molar refractivity (Wildman–Crippen MR) is 92.7 cm³/mol. The van der Waals surface area contributed by atoms with Crippen molar-refractivity contribution in [3.05, 3.63) is 65.3 Å². The van der Waals surface area contributed by atoms with Gasteiger partial charge in [-0.25, -0.2) is 9.97 Å². The lowest BCUT2D eigenvalue weighted by atomic mass is 10.0. The van der Waals surface area contributed by atoms with Crippen LogP contribution in [0.2, 0.25) is 0 Å². The Labute approximate surface area is 139 Å². The summed E-state index contributed by atoms with van der Waals surface area (Å²) in [5.41, 5.74) is 0.391. The Hall–Kier alpha value is -3.02. The lowest BCUT2D eigenvalue weighted by Crippen LogP contribution is -2.36. The summed E-state index contributed by atoms with van der Waals surface area (Å²) in [6, 6.07) is 11.7. The summed E-state index contributed by atoms with van der Waals surface area (Å²) in [6.07, 6.45) is 3.04. The minimum absolute atomic E-state index is 0.0885.